The molecular formula is C13H11BrClNO2. The molecule has 0 N–H and O–H groups in total. The van der Waals surface area contributed by atoms with Gasteiger partial charge in [0.2, 0.25) is 0 Å². The van der Waals surface area contributed by atoms with Crippen LogP contribution >= 0.6 is 27.5 Å². The third-order valence-electron chi connectivity index (χ3n) is 2.22. The minimum absolute atomic E-state index is 0.0102. The van der Waals surface area contributed by atoms with Crippen molar-refractivity contribution in [3.63, 3.8) is 0 Å². The Balaban J connectivity index is 3.24. The van der Waals surface area contributed by atoms with Crippen molar-refractivity contribution >= 4 is 39.1 Å². The Morgan fingerprint density at radius 2 is 2.06 bits per heavy atom. The predicted molar refractivity (Wildman–Crippen MR) is 74.4 cm³/mol. The lowest BCUT2D eigenvalue weighted by Crippen LogP contribution is -2.09. The third-order valence-corrected chi connectivity index (χ3v) is 3.03. The number of alkyl halides is 1. The van der Waals surface area contributed by atoms with Gasteiger partial charge in [-0.3, -0.25) is 0 Å². The molecule has 94 valence electrons. The summed E-state index contributed by atoms with van der Waals surface area (Å²) in [6.45, 7) is 1.93. The van der Waals surface area contributed by atoms with E-state index in [2.05, 4.69) is 15.9 Å². The lowest BCUT2D eigenvalue weighted by Gasteiger charge is -2.07. The number of nitriles is 1. The van der Waals surface area contributed by atoms with E-state index < -0.39 is 5.97 Å². The van der Waals surface area contributed by atoms with Gasteiger partial charge in [0.1, 0.15) is 11.6 Å². The maximum atomic E-state index is 11.7. The monoisotopic (exact) mass is 327 g/mol. The number of ether oxygens (including phenoxy) is 1. The van der Waals surface area contributed by atoms with Gasteiger partial charge in [0, 0.05) is 10.4 Å². The van der Waals surface area contributed by atoms with Gasteiger partial charge in [-0.1, -0.05) is 39.7 Å². The summed E-state index contributed by atoms with van der Waals surface area (Å²) in [7, 11) is 0. The highest BCUT2D eigenvalue weighted by atomic mass is 79.9. The van der Waals surface area contributed by atoms with Gasteiger partial charge in [-0.05, 0) is 30.2 Å². The van der Waals surface area contributed by atoms with Gasteiger partial charge in [0.05, 0.1) is 6.61 Å². The van der Waals surface area contributed by atoms with E-state index in [1.165, 1.54) is 0 Å². The average Bonchev–Trinajstić information content (AvgIpc) is 2.37. The van der Waals surface area contributed by atoms with E-state index in [-0.39, 0.29) is 12.2 Å². The lowest BCUT2D eigenvalue weighted by molar-refractivity contribution is -0.137. The summed E-state index contributed by atoms with van der Waals surface area (Å²) in [6, 6.07) is 8.83. The number of esters is 1. The molecule has 0 unspecified atom stereocenters. The summed E-state index contributed by atoms with van der Waals surface area (Å²) in [5.74, 6) is -0.607. The molecule has 0 aliphatic rings. The van der Waals surface area contributed by atoms with Gasteiger partial charge in [0.25, 0.3) is 0 Å². The smallest absolute Gasteiger partial charge is 0.349 e. The molecule has 0 heterocycles. The van der Waals surface area contributed by atoms with Crippen LogP contribution < -0.4 is 0 Å². The van der Waals surface area contributed by atoms with Crippen LogP contribution in [0.4, 0.5) is 0 Å². The molecule has 0 saturated heterocycles. The van der Waals surface area contributed by atoms with Crippen molar-refractivity contribution in [1.29, 1.82) is 5.26 Å². The molecule has 3 nitrogen and oxygen atoms in total. The molecule has 18 heavy (non-hydrogen) atoms. The maximum Gasteiger partial charge on any atom is 0.349 e. The third kappa shape index (κ3) is 3.59. The minimum Gasteiger partial charge on any atom is -0.462 e. The van der Waals surface area contributed by atoms with Crippen LogP contribution in [0.5, 0.6) is 0 Å². The van der Waals surface area contributed by atoms with Crippen molar-refractivity contribution in [2.45, 2.75) is 6.92 Å². The number of rotatable bonds is 4. The van der Waals surface area contributed by atoms with Crippen molar-refractivity contribution in [2.24, 2.45) is 0 Å². The van der Waals surface area contributed by atoms with Gasteiger partial charge < -0.3 is 4.74 Å². The largest absolute Gasteiger partial charge is 0.462 e. The van der Waals surface area contributed by atoms with E-state index in [0.29, 0.717) is 15.9 Å². The van der Waals surface area contributed by atoms with Crippen LogP contribution in [0.2, 0.25) is 5.02 Å². The molecule has 1 aromatic rings. The second-order valence-corrected chi connectivity index (χ2v) is 4.32. The number of hydrogen-bond acceptors (Lipinski definition) is 3. The van der Waals surface area contributed by atoms with Gasteiger partial charge in [-0.15, -0.1) is 0 Å². The van der Waals surface area contributed by atoms with Gasteiger partial charge in [-0.2, -0.15) is 5.26 Å². The van der Waals surface area contributed by atoms with E-state index in [1.807, 2.05) is 6.07 Å². The van der Waals surface area contributed by atoms with Gasteiger partial charge >= 0.3 is 5.97 Å². The quantitative estimate of drug-likeness (QED) is 0.367. The second kappa shape index (κ2) is 7.20. The van der Waals surface area contributed by atoms with Crippen LogP contribution in [0.25, 0.3) is 5.57 Å². The summed E-state index contributed by atoms with van der Waals surface area (Å²) in [6.07, 6.45) is 0. The van der Waals surface area contributed by atoms with Crippen LogP contribution in [0.1, 0.15) is 12.5 Å². The number of nitrogens with zero attached hydrogens (tertiary/aromatic N) is 1. The van der Waals surface area contributed by atoms with Crippen LogP contribution in [0, 0.1) is 11.3 Å². The Morgan fingerprint density at radius 3 is 2.50 bits per heavy atom. The Bertz CT molecular complexity index is 503. The lowest BCUT2D eigenvalue weighted by atomic mass is 10.0. The minimum atomic E-state index is -0.607. The summed E-state index contributed by atoms with van der Waals surface area (Å²) < 4.78 is 4.86. The summed E-state index contributed by atoms with van der Waals surface area (Å²) in [5, 5.41) is 10.1. The molecule has 0 atom stereocenters. The number of hydrogen-bond donors (Lipinski definition) is 0. The zero-order valence-electron chi connectivity index (χ0n) is 9.74. The number of carbonyl (C=O) groups excluding carboxylic acids is 1. The fourth-order valence-electron chi connectivity index (χ4n) is 1.38. The number of allylic oxidation sites excluding steroid dienone is 1. The van der Waals surface area contributed by atoms with Crippen molar-refractivity contribution < 1.29 is 9.53 Å². The highest BCUT2D eigenvalue weighted by Crippen LogP contribution is 2.23. The Labute approximate surface area is 119 Å². The van der Waals surface area contributed by atoms with Crippen LogP contribution in [-0.2, 0) is 9.53 Å². The molecule has 0 aromatic heterocycles. The highest BCUT2D eigenvalue weighted by molar-refractivity contribution is 9.09. The molecule has 0 bridgehead atoms. The standard InChI is InChI=1S/C13H11BrClNO2/c1-2-18-13(17)12(8-16)11(7-14)9-3-5-10(15)6-4-9/h3-6H,2,7H2,1H3/b12-11+. The zero-order chi connectivity index (χ0) is 13.5. The summed E-state index contributed by atoms with van der Waals surface area (Å²) in [5.41, 5.74) is 1.37. The average molecular weight is 329 g/mol. The molecule has 1 rings (SSSR count). The molecular weight excluding hydrogens is 318 g/mol. The summed E-state index contributed by atoms with van der Waals surface area (Å²) in [4.78, 5) is 11.7. The van der Waals surface area contributed by atoms with Crippen LogP contribution in [-0.4, -0.2) is 17.9 Å². The molecule has 0 saturated carbocycles. The topological polar surface area (TPSA) is 50.1 Å². The molecule has 1 aromatic carbocycles. The van der Waals surface area contributed by atoms with Gasteiger partial charge in [0.15, 0.2) is 0 Å². The van der Waals surface area contributed by atoms with E-state index in [0.717, 1.165) is 5.56 Å². The summed E-state index contributed by atoms with van der Waals surface area (Å²) >= 11 is 9.08. The molecule has 0 fully saturated rings. The van der Waals surface area contributed by atoms with Gasteiger partial charge in [-0.25, -0.2) is 4.79 Å². The van der Waals surface area contributed by atoms with E-state index in [4.69, 9.17) is 21.6 Å². The van der Waals surface area contributed by atoms with Crippen molar-refractivity contribution in [1.82, 2.24) is 0 Å². The first kappa shape index (κ1) is 14.7. The second-order valence-electron chi connectivity index (χ2n) is 3.33. The van der Waals surface area contributed by atoms with Crippen molar-refractivity contribution in [2.75, 3.05) is 11.9 Å². The molecule has 0 aliphatic heterocycles. The molecule has 0 radical (unpaired) electrons. The predicted octanol–water partition coefficient (Wildman–Crippen LogP) is 3.58. The number of benzene rings is 1. The van der Waals surface area contributed by atoms with Crippen LogP contribution in [0.3, 0.4) is 0 Å². The van der Waals surface area contributed by atoms with Crippen molar-refractivity contribution in [3.05, 3.63) is 40.4 Å². The SMILES string of the molecule is CCOC(=O)/C(C#N)=C(\CBr)c1ccc(Cl)cc1. The maximum absolute atomic E-state index is 11.7. The molecule has 0 spiro atoms. The Hall–Kier alpha value is -1.31. The molecule has 0 amide bonds. The zero-order valence-corrected chi connectivity index (χ0v) is 12.1. The number of carbonyl (C=O) groups is 1. The number of halogens is 2. The van der Waals surface area contributed by atoms with Crippen molar-refractivity contribution in [3.8, 4) is 6.07 Å². The van der Waals surface area contributed by atoms with E-state index >= 15 is 0 Å². The normalized spacial score (nSPS) is 11.4. The van der Waals surface area contributed by atoms with E-state index in [1.54, 1.807) is 31.2 Å². The first-order chi connectivity index (χ1) is 8.63. The highest BCUT2D eigenvalue weighted by Gasteiger charge is 2.17. The first-order valence-corrected chi connectivity index (χ1v) is 6.76. The molecule has 0 aliphatic carbocycles. The fraction of sp³-hybridized carbons (Fsp3) is 0.231. The van der Waals surface area contributed by atoms with E-state index in [9.17, 15) is 4.79 Å². The fourth-order valence-corrected chi connectivity index (χ4v) is 2.11. The Kier molecular flexibility index (Phi) is 5.90. The van der Waals surface area contributed by atoms with Crippen LogP contribution in [0.15, 0.2) is 29.8 Å². The first-order valence-electron chi connectivity index (χ1n) is 5.26. The molecule has 5 heteroatoms. The Morgan fingerprint density at radius 1 is 1.44 bits per heavy atom.